The molecule has 1 fully saturated rings. The minimum atomic E-state index is 0.0472. The molecular formula is C13H26N2O2. The molecule has 1 amide bonds. The summed E-state index contributed by atoms with van der Waals surface area (Å²) in [5.41, 5.74) is 5.70. The van der Waals surface area contributed by atoms with E-state index in [4.69, 9.17) is 10.5 Å². The number of hydrogen-bond donors (Lipinski definition) is 2. The Balaban J connectivity index is 2.24. The highest BCUT2D eigenvalue weighted by Gasteiger charge is 2.49. The summed E-state index contributed by atoms with van der Waals surface area (Å²) in [5.74, 6) is 0.137. The van der Waals surface area contributed by atoms with E-state index in [9.17, 15) is 4.79 Å². The Kier molecular flexibility index (Phi) is 4.95. The van der Waals surface area contributed by atoms with Crippen molar-refractivity contribution in [1.29, 1.82) is 0 Å². The summed E-state index contributed by atoms with van der Waals surface area (Å²) in [4.78, 5) is 11.7. The lowest BCUT2D eigenvalue weighted by molar-refractivity contribution is -0.132. The van der Waals surface area contributed by atoms with Crippen LogP contribution >= 0.6 is 0 Å². The van der Waals surface area contributed by atoms with Crippen LogP contribution in [-0.4, -0.2) is 31.2 Å². The molecule has 3 unspecified atom stereocenters. The predicted octanol–water partition coefficient (Wildman–Crippen LogP) is 1.43. The third-order valence-electron chi connectivity index (χ3n) is 3.86. The van der Waals surface area contributed by atoms with Crippen molar-refractivity contribution in [2.45, 2.75) is 64.6 Å². The molecule has 0 bridgehead atoms. The van der Waals surface area contributed by atoms with E-state index in [2.05, 4.69) is 19.2 Å². The van der Waals surface area contributed by atoms with Gasteiger partial charge in [-0.1, -0.05) is 13.8 Å². The van der Waals surface area contributed by atoms with Crippen LogP contribution in [-0.2, 0) is 9.53 Å². The first-order valence-electron chi connectivity index (χ1n) is 6.45. The number of rotatable bonds is 6. The van der Waals surface area contributed by atoms with Crippen LogP contribution in [0.25, 0.3) is 0 Å². The molecular weight excluding hydrogens is 216 g/mol. The van der Waals surface area contributed by atoms with Crippen LogP contribution in [0.2, 0.25) is 0 Å². The maximum absolute atomic E-state index is 11.7. The minimum absolute atomic E-state index is 0.0472. The highest BCUT2D eigenvalue weighted by molar-refractivity contribution is 5.76. The van der Waals surface area contributed by atoms with Crippen LogP contribution in [0.1, 0.15) is 46.5 Å². The van der Waals surface area contributed by atoms with Crippen LogP contribution in [0.3, 0.4) is 0 Å². The van der Waals surface area contributed by atoms with E-state index in [1.165, 1.54) is 0 Å². The van der Waals surface area contributed by atoms with Crippen molar-refractivity contribution >= 4 is 5.91 Å². The summed E-state index contributed by atoms with van der Waals surface area (Å²) in [6, 6.07) is 0.427. The Morgan fingerprint density at radius 2 is 2.24 bits per heavy atom. The van der Waals surface area contributed by atoms with Crippen molar-refractivity contribution in [2.24, 2.45) is 11.1 Å². The molecule has 0 aromatic heterocycles. The molecule has 0 aliphatic heterocycles. The third-order valence-corrected chi connectivity index (χ3v) is 3.86. The van der Waals surface area contributed by atoms with Crippen LogP contribution in [0.4, 0.5) is 0 Å². The van der Waals surface area contributed by atoms with Gasteiger partial charge in [-0.25, -0.2) is 0 Å². The molecule has 1 aliphatic rings. The largest absolute Gasteiger partial charge is 0.381 e. The van der Waals surface area contributed by atoms with E-state index in [1.807, 2.05) is 6.92 Å². The van der Waals surface area contributed by atoms with Crippen LogP contribution in [0.15, 0.2) is 0 Å². The van der Waals surface area contributed by atoms with Gasteiger partial charge in [-0.2, -0.15) is 0 Å². The molecule has 4 heteroatoms. The fraction of sp³-hybridized carbons (Fsp3) is 0.923. The Morgan fingerprint density at radius 3 is 2.71 bits per heavy atom. The van der Waals surface area contributed by atoms with Crippen molar-refractivity contribution < 1.29 is 9.53 Å². The van der Waals surface area contributed by atoms with E-state index < -0.39 is 0 Å². The average Bonchev–Trinajstić information content (AvgIpc) is 2.23. The first-order valence-corrected chi connectivity index (χ1v) is 6.45. The van der Waals surface area contributed by atoms with E-state index in [-0.39, 0.29) is 29.5 Å². The number of carbonyl (C=O) groups is 1. The Labute approximate surface area is 104 Å². The minimum Gasteiger partial charge on any atom is -0.381 e. The van der Waals surface area contributed by atoms with E-state index in [0.717, 1.165) is 19.3 Å². The molecule has 0 spiro atoms. The predicted molar refractivity (Wildman–Crippen MR) is 68.6 cm³/mol. The van der Waals surface area contributed by atoms with Crippen molar-refractivity contribution in [3.63, 3.8) is 0 Å². The topological polar surface area (TPSA) is 64.3 Å². The highest BCUT2D eigenvalue weighted by Crippen LogP contribution is 2.42. The first kappa shape index (κ1) is 14.5. The number of amides is 1. The van der Waals surface area contributed by atoms with Crippen molar-refractivity contribution in [1.82, 2.24) is 5.32 Å². The summed E-state index contributed by atoms with van der Waals surface area (Å²) >= 11 is 0. The fourth-order valence-electron chi connectivity index (χ4n) is 2.38. The molecule has 1 aliphatic carbocycles. The van der Waals surface area contributed by atoms with Gasteiger partial charge in [-0.15, -0.1) is 0 Å². The normalized spacial score (nSPS) is 28.3. The molecule has 4 nitrogen and oxygen atoms in total. The lowest BCUT2D eigenvalue weighted by Crippen LogP contribution is -2.61. The van der Waals surface area contributed by atoms with Crippen molar-refractivity contribution in [2.75, 3.05) is 7.11 Å². The van der Waals surface area contributed by atoms with Gasteiger partial charge in [0.1, 0.15) is 0 Å². The van der Waals surface area contributed by atoms with E-state index >= 15 is 0 Å². The summed E-state index contributed by atoms with van der Waals surface area (Å²) in [6.45, 7) is 6.24. The number of ether oxygens (including phenoxy) is 1. The third kappa shape index (κ3) is 3.68. The van der Waals surface area contributed by atoms with E-state index in [1.54, 1.807) is 7.11 Å². The van der Waals surface area contributed by atoms with Gasteiger partial charge in [0.15, 0.2) is 0 Å². The van der Waals surface area contributed by atoms with Gasteiger partial charge in [0.05, 0.1) is 6.10 Å². The van der Waals surface area contributed by atoms with Gasteiger partial charge in [0, 0.05) is 31.0 Å². The Bertz CT molecular complexity index is 264. The summed E-state index contributed by atoms with van der Waals surface area (Å²) in [6.07, 6.45) is 3.53. The van der Waals surface area contributed by atoms with Gasteiger partial charge in [-0.05, 0) is 26.2 Å². The zero-order chi connectivity index (χ0) is 13.1. The summed E-state index contributed by atoms with van der Waals surface area (Å²) in [7, 11) is 1.73. The molecule has 0 aromatic carbocycles. The Hall–Kier alpha value is -0.610. The maximum Gasteiger partial charge on any atom is 0.220 e. The highest BCUT2D eigenvalue weighted by atomic mass is 16.5. The number of carbonyl (C=O) groups excluding carboxylic acids is 1. The number of nitrogens with two attached hydrogens (primary N) is 1. The summed E-state index contributed by atoms with van der Waals surface area (Å²) < 4.78 is 5.36. The van der Waals surface area contributed by atoms with Crippen molar-refractivity contribution in [3.05, 3.63) is 0 Å². The number of hydrogen-bond acceptors (Lipinski definition) is 3. The molecule has 1 saturated carbocycles. The van der Waals surface area contributed by atoms with Gasteiger partial charge < -0.3 is 15.8 Å². The molecule has 0 saturated heterocycles. The number of nitrogens with one attached hydrogen (secondary N) is 1. The molecule has 3 N–H and O–H groups in total. The second-order valence-corrected chi connectivity index (χ2v) is 5.77. The fourth-order valence-corrected chi connectivity index (χ4v) is 2.38. The second kappa shape index (κ2) is 5.83. The Morgan fingerprint density at radius 1 is 1.59 bits per heavy atom. The lowest BCUT2D eigenvalue weighted by atomic mass is 9.64. The smallest absolute Gasteiger partial charge is 0.220 e. The van der Waals surface area contributed by atoms with Gasteiger partial charge >= 0.3 is 0 Å². The molecule has 17 heavy (non-hydrogen) atoms. The van der Waals surface area contributed by atoms with E-state index in [0.29, 0.717) is 6.42 Å². The SMILES string of the molecule is COC1CC(NC(=O)CCCC(C)N)C1(C)C. The maximum atomic E-state index is 11.7. The molecule has 0 radical (unpaired) electrons. The average molecular weight is 242 g/mol. The number of methoxy groups -OCH3 is 1. The summed E-state index contributed by atoms with van der Waals surface area (Å²) in [5, 5.41) is 3.08. The monoisotopic (exact) mass is 242 g/mol. The van der Waals surface area contributed by atoms with Gasteiger partial charge in [0.25, 0.3) is 0 Å². The zero-order valence-electron chi connectivity index (χ0n) is 11.5. The zero-order valence-corrected chi connectivity index (χ0v) is 11.5. The van der Waals surface area contributed by atoms with Gasteiger partial charge in [0.2, 0.25) is 5.91 Å². The second-order valence-electron chi connectivity index (χ2n) is 5.77. The van der Waals surface area contributed by atoms with Gasteiger partial charge in [-0.3, -0.25) is 4.79 Å². The van der Waals surface area contributed by atoms with Crippen LogP contribution < -0.4 is 11.1 Å². The van der Waals surface area contributed by atoms with Crippen molar-refractivity contribution in [3.8, 4) is 0 Å². The molecule has 100 valence electrons. The van der Waals surface area contributed by atoms with Crippen LogP contribution in [0, 0.1) is 5.41 Å². The molecule has 3 atom stereocenters. The standard InChI is InChI=1S/C13H26N2O2/c1-9(14)6-5-7-12(16)15-10-8-11(17-4)13(10,2)3/h9-11H,5-8,14H2,1-4H3,(H,15,16). The first-order chi connectivity index (χ1) is 7.87. The molecule has 1 rings (SSSR count). The van der Waals surface area contributed by atoms with Crippen LogP contribution in [0.5, 0.6) is 0 Å². The molecule has 0 heterocycles. The molecule has 0 aromatic rings. The lowest BCUT2D eigenvalue weighted by Gasteiger charge is -2.51. The quantitative estimate of drug-likeness (QED) is 0.740.